The molecule has 5 heteroatoms. The highest BCUT2D eigenvalue weighted by molar-refractivity contribution is 5.73. The summed E-state index contributed by atoms with van der Waals surface area (Å²) in [5.74, 6) is 2.26. The van der Waals surface area contributed by atoms with Crippen LogP contribution in [0.15, 0.2) is 0 Å². The van der Waals surface area contributed by atoms with E-state index in [0.717, 1.165) is 0 Å². The zero-order valence-corrected chi connectivity index (χ0v) is 6.89. The van der Waals surface area contributed by atoms with Crippen LogP contribution < -0.4 is 10.6 Å². The second-order valence-corrected chi connectivity index (χ2v) is 1.79. The van der Waals surface area contributed by atoms with E-state index in [9.17, 15) is 4.79 Å². The van der Waals surface area contributed by atoms with Crippen molar-refractivity contribution in [3.8, 4) is 12.0 Å². The molecule has 0 saturated carbocycles. The van der Waals surface area contributed by atoms with Crippen molar-refractivity contribution in [2.75, 3.05) is 19.9 Å². The van der Waals surface area contributed by atoms with Crippen LogP contribution in [0.1, 0.15) is 6.92 Å². The molecule has 0 unspecified atom stereocenters. The van der Waals surface area contributed by atoms with Crippen molar-refractivity contribution < 1.29 is 14.6 Å². The lowest BCUT2D eigenvalue weighted by Gasteiger charge is -2.03. The molecule has 0 radical (unpaired) electrons. The van der Waals surface area contributed by atoms with Crippen LogP contribution in [0.5, 0.6) is 0 Å². The maximum atomic E-state index is 10.7. The quantitative estimate of drug-likeness (QED) is 0.307. The SMILES string of the molecule is CCOCNC(=O)NCC#CO. The van der Waals surface area contributed by atoms with Gasteiger partial charge in [-0.05, 0) is 12.8 Å². The van der Waals surface area contributed by atoms with Crippen molar-refractivity contribution >= 4 is 6.03 Å². The third kappa shape index (κ3) is 6.71. The number of hydrogen-bond donors (Lipinski definition) is 3. The number of ether oxygens (including phenoxy) is 1. The zero-order valence-electron chi connectivity index (χ0n) is 6.89. The van der Waals surface area contributed by atoms with Crippen LogP contribution >= 0.6 is 0 Å². The Kier molecular flexibility index (Phi) is 6.79. The second kappa shape index (κ2) is 7.69. The van der Waals surface area contributed by atoms with Crippen molar-refractivity contribution in [2.45, 2.75) is 6.92 Å². The Morgan fingerprint density at radius 3 is 2.92 bits per heavy atom. The summed E-state index contributed by atoms with van der Waals surface area (Å²) in [7, 11) is 0. The molecule has 12 heavy (non-hydrogen) atoms. The molecule has 0 rings (SSSR count). The largest absolute Gasteiger partial charge is 0.462 e. The van der Waals surface area contributed by atoms with Crippen LogP contribution in [0, 0.1) is 12.0 Å². The molecule has 0 aromatic heterocycles. The highest BCUT2D eigenvalue weighted by Gasteiger charge is 1.94. The number of carbonyl (C=O) groups is 1. The van der Waals surface area contributed by atoms with Gasteiger partial charge < -0.3 is 20.5 Å². The molecule has 3 N–H and O–H groups in total. The van der Waals surface area contributed by atoms with Gasteiger partial charge in [0, 0.05) is 6.61 Å². The van der Waals surface area contributed by atoms with E-state index in [1.54, 1.807) is 6.11 Å². The Hall–Kier alpha value is -1.41. The van der Waals surface area contributed by atoms with Gasteiger partial charge in [-0.15, -0.1) is 0 Å². The average Bonchev–Trinajstić information content (AvgIpc) is 2.06. The molecule has 68 valence electrons. The van der Waals surface area contributed by atoms with Gasteiger partial charge in [0.1, 0.15) is 12.8 Å². The highest BCUT2D eigenvalue weighted by atomic mass is 16.5. The molecule has 0 aliphatic carbocycles. The number of rotatable bonds is 4. The topological polar surface area (TPSA) is 70.6 Å². The number of nitrogens with one attached hydrogen (secondary N) is 2. The Labute approximate surface area is 71.1 Å². The molecule has 0 fully saturated rings. The normalized spacial score (nSPS) is 8.08. The Bertz CT molecular complexity index is 183. The summed E-state index contributed by atoms with van der Waals surface area (Å²) in [6, 6.07) is -0.369. The van der Waals surface area contributed by atoms with E-state index in [4.69, 9.17) is 9.84 Å². The monoisotopic (exact) mass is 172 g/mol. The molecule has 2 amide bonds. The van der Waals surface area contributed by atoms with Gasteiger partial charge in [-0.2, -0.15) is 0 Å². The van der Waals surface area contributed by atoms with Crippen LogP contribution in [0.2, 0.25) is 0 Å². The van der Waals surface area contributed by atoms with E-state index < -0.39 is 0 Å². The van der Waals surface area contributed by atoms with Gasteiger partial charge >= 0.3 is 6.03 Å². The lowest BCUT2D eigenvalue weighted by Crippen LogP contribution is -2.36. The Morgan fingerprint density at radius 2 is 2.33 bits per heavy atom. The third-order valence-electron chi connectivity index (χ3n) is 0.955. The minimum atomic E-state index is -0.369. The van der Waals surface area contributed by atoms with E-state index >= 15 is 0 Å². The van der Waals surface area contributed by atoms with E-state index in [0.29, 0.717) is 6.61 Å². The summed E-state index contributed by atoms with van der Waals surface area (Å²) in [5.41, 5.74) is 0. The van der Waals surface area contributed by atoms with Crippen molar-refractivity contribution in [3.05, 3.63) is 0 Å². The maximum absolute atomic E-state index is 10.7. The molecule has 0 atom stereocenters. The van der Waals surface area contributed by atoms with E-state index in [1.807, 2.05) is 6.92 Å². The van der Waals surface area contributed by atoms with Crippen LogP contribution in [0.25, 0.3) is 0 Å². The summed E-state index contributed by atoms with van der Waals surface area (Å²) in [4.78, 5) is 10.7. The molecule has 0 aromatic carbocycles. The zero-order chi connectivity index (χ0) is 9.23. The molecule has 0 bridgehead atoms. The van der Waals surface area contributed by atoms with Gasteiger partial charge in [0.15, 0.2) is 0 Å². The minimum Gasteiger partial charge on any atom is -0.462 e. The fourth-order valence-corrected chi connectivity index (χ4v) is 0.445. The van der Waals surface area contributed by atoms with Gasteiger partial charge in [-0.3, -0.25) is 0 Å². The second-order valence-electron chi connectivity index (χ2n) is 1.79. The van der Waals surface area contributed by atoms with Gasteiger partial charge in [0.25, 0.3) is 0 Å². The van der Waals surface area contributed by atoms with Crippen LogP contribution in [0.3, 0.4) is 0 Å². The molecular formula is C7H12N2O3. The van der Waals surface area contributed by atoms with Crippen molar-refractivity contribution in [1.82, 2.24) is 10.6 Å². The lowest BCUT2D eigenvalue weighted by molar-refractivity contribution is 0.132. The number of aliphatic hydroxyl groups excluding tert-OH is 1. The number of amides is 2. The molecule has 0 heterocycles. The van der Waals surface area contributed by atoms with Crippen LogP contribution in [-0.2, 0) is 4.74 Å². The predicted molar refractivity (Wildman–Crippen MR) is 42.7 cm³/mol. The summed E-state index contributed by atoms with van der Waals surface area (Å²) < 4.78 is 4.85. The van der Waals surface area contributed by atoms with Crippen LogP contribution in [-0.4, -0.2) is 31.0 Å². The molecule has 0 aliphatic heterocycles. The predicted octanol–water partition coefficient (Wildman–Crippen LogP) is -0.387. The number of urea groups is 1. The smallest absolute Gasteiger partial charge is 0.317 e. The average molecular weight is 172 g/mol. The summed E-state index contributed by atoms with van der Waals surface area (Å²) in [6.45, 7) is 2.68. The van der Waals surface area contributed by atoms with Gasteiger partial charge in [0.05, 0.1) is 6.54 Å². The summed E-state index contributed by atoms with van der Waals surface area (Å²) in [6.07, 6.45) is 1.67. The fraction of sp³-hybridized carbons (Fsp3) is 0.571. The molecule has 5 nitrogen and oxygen atoms in total. The highest BCUT2D eigenvalue weighted by Crippen LogP contribution is 1.68. The number of hydrogen-bond acceptors (Lipinski definition) is 3. The first-order valence-electron chi connectivity index (χ1n) is 3.52. The molecule has 0 aliphatic rings. The summed E-state index contributed by atoms with van der Waals surface area (Å²) in [5, 5.41) is 12.8. The standard InChI is InChI=1S/C7H12N2O3/c1-2-12-6-9-7(11)8-4-3-5-10/h10H,2,4,6H2,1H3,(H2,8,9,11). The van der Waals surface area contributed by atoms with Crippen molar-refractivity contribution in [1.29, 1.82) is 0 Å². The maximum Gasteiger partial charge on any atom is 0.317 e. The third-order valence-corrected chi connectivity index (χ3v) is 0.955. The molecule has 0 spiro atoms. The van der Waals surface area contributed by atoms with Crippen LogP contribution in [0.4, 0.5) is 4.79 Å². The molecule has 0 aromatic rings. The van der Waals surface area contributed by atoms with E-state index in [1.165, 1.54) is 0 Å². The molecular weight excluding hydrogens is 160 g/mol. The van der Waals surface area contributed by atoms with Crippen molar-refractivity contribution in [3.63, 3.8) is 0 Å². The summed E-state index contributed by atoms with van der Waals surface area (Å²) >= 11 is 0. The number of carbonyl (C=O) groups excluding carboxylic acids is 1. The first-order valence-corrected chi connectivity index (χ1v) is 3.52. The van der Waals surface area contributed by atoms with E-state index in [-0.39, 0.29) is 19.3 Å². The minimum absolute atomic E-state index is 0.120. The van der Waals surface area contributed by atoms with Gasteiger partial charge in [-0.25, -0.2) is 4.79 Å². The Morgan fingerprint density at radius 1 is 1.58 bits per heavy atom. The molecule has 0 saturated heterocycles. The lowest BCUT2D eigenvalue weighted by atomic mass is 10.6. The van der Waals surface area contributed by atoms with Gasteiger partial charge in [0.2, 0.25) is 0 Å². The number of aliphatic hydroxyl groups is 1. The Balaban J connectivity index is 3.25. The van der Waals surface area contributed by atoms with Gasteiger partial charge in [-0.1, -0.05) is 0 Å². The van der Waals surface area contributed by atoms with E-state index in [2.05, 4.69) is 16.6 Å². The fourth-order valence-electron chi connectivity index (χ4n) is 0.445. The first kappa shape index (κ1) is 10.6. The first-order chi connectivity index (χ1) is 5.81. The van der Waals surface area contributed by atoms with Crippen molar-refractivity contribution in [2.24, 2.45) is 0 Å².